The molecule has 0 aliphatic carbocycles. The van der Waals surface area contributed by atoms with Crippen LogP contribution in [0.25, 0.3) is 11.1 Å². The molecule has 0 aromatic heterocycles. The standard InChI is InChI=1S/C23H19F2NO4/c1-14(2)30-17-7-5-6-15(10-17)16-11-19(24)22(20(25)12-16)26-23(28)18-8-3-4-9-21(18)29-13-27/h3-14H,1-2H3,(H,26,28). The van der Waals surface area contributed by atoms with Gasteiger partial charge in [-0.05, 0) is 61.4 Å². The van der Waals surface area contributed by atoms with E-state index in [-0.39, 0.29) is 23.9 Å². The Morgan fingerprint density at radius 2 is 1.67 bits per heavy atom. The molecule has 3 rings (SSSR count). The first-order valence-corrected chi connectivity index (χ1v) is 9.16. The van der Waals surface area contributed by atoms with Crippen molar-refractivity contribution in [2.75, 3.05) is 5.32 Å². The fourth-order valence-electron chi connectivity index (χ4n) is 2.87. The van der Waals surface area contributed by atoms with Crippen molar-refractivity contribution in [1.29, 1.82) is 0 Å². The van der Waals surface area contributed by atoms with Gasteiger partial charge in [0.25, 0.3) is 12.4 Å². The van der Waals surface area contributed by atoms with Crippen LogP contribution in [0.5, 0.6) is 11.5 Å². The Balaban J connectivity index is 1.89. The molecule has 0 saturated heterocycles. The quantitative estimate of drug-likeness (QED) is 0.543. The summed E-state index contributed by atoms with van der Waals surface area (Å²) < 4.78 is 39.7. The number of amides is 1. The molecule has 0 aliphatic rings. The van der Waals surface area contributed by atoms with Crippen LogP contribution in [0.2, 0.25) is 0 Å². The summed E-state index contributed by atoms with van der Waals surface area (Å²) in [5.74, 6) is -2.15. The molecule has 0 aliphatic heterocycles. The van der Waals surface area contributed by atoms with E-state index < -0.39 is 23.2 Å². The van der Waals surface area contributed by atoms with Crippen molar-refractivity contribution in [1.82, 2.24) is 0 Å². The number of nitrogens with one attached hydrogen (secondary N) is 1. The van der Waals surface area contributed by atoms with E-state index in [0.717, 1.165) is 12.1 Å². The third kappa shape index (κ3) is 4.81. The molecule has 0 spiro atoms. The topological polar surface area (TPSA) is 64.6 Å². The van der Waals surface area contributed by atoms with Crippen molar-refractivity contribution in [3.05, 3.63) is 77.9 Å². The first kappa shape index (κ1) is 21.0. The fraction of sp³-hybridized carbons (Fsp3) is 0.130. The van der Waals surface area contributed by atoms with Crippen molar-refractivity contribution < 1.29 is 27.8 Å². The number of hydrogen-bond acceptors (Lipinski definition) is 4. The van der Waals surface area contributed by atoms with Crippen LogP contribution < -0.4 is 14.8 Å². The minimum atomic E-state index is -0.942. The Morgan fingerprint density at radius 3 is 2.33 bits per heavy atom. The lowest BCUT2D eigenvalue weighted by atomic mass is 10.0. The summed E-state index contributed by atoms with van der Waals surface area (Å²) in [6.45, 7) is 3.92. The van der Waals surface area contributed by atoms with Crippen LogP contribution in [0.3, 0.4) is 0 Å². The molecular weight excluding hydrogens is 392 g/mol. The molecule has 3 aromatic rings. The van der Waals surface area contributed by atoms with Gasteiger partial charge in [0.2, 0.25) is 0 Å². The minimum Gasteiger partial charge on any atom is -0.491 e. The van der Waals surface area contributed by atoms with Gasteiger partial charge in [-0.2, -0.15) is 0 Å². The zero-order chi connectivity index (χ0) is 21.7. The van der Waals surface area contributed by atoms with Crippen molar-refractivity contribution >= 4 is 18.1 Å². The normalized spacial score (nSPS) is 10.6. The van der Waals surface area contributed by atoms with Gasteiger partial charge in [0.15, 0.2) is 0 Å². The molecule has 0 saturated carbocycles. The molecule has 0 unspecified atom stereocenters. The van der Waals surface area contributed by atoms with Gasteiger partial charge < -0.3 is 14.8 Å². The lowest BCUT2D eigenvalue weighted by Gasteiger charge is -2.13. The highest BCUT2D eigenvalue weighted by molar-refractivity contribution is 6.06. The monoisotopic (exact) mass is 411 g/mol. The summed E-state index contributed by atoms with van der Waals surface area (Å²) in [6, 6.07) is 15.0. The average molecular weight is 411 g/mol. The van der Waals surface area contributed by atoms with Gasteiger partial charge in [-0.25, -0.2) is 8.78 Å². The Labute approximate surface area is 172 Å². The van der Waals surface area contributed by atoms with E-state index in [9.17, 15) is 18.4 Å². The van der Waals surface area contributed by atoms with E-state index in [0.29, 0.717) is 16.9 Å². The third-order valence-corrected chi connectivity index (χ3v) is 4.13. The van der Waals surface area contributed by atoms with Crippen molar-refractivity contribution in [2.45, 2.75) is 20.0 Å². The lowest BCUT2D eigenvalue weighted by Crippen LogP contribution is -2.15. The lowest BCUT2D eigenvalue weighted by molar-refractivity contribution is -0.120. The van der Waals surface area contributed by atoms with Gasteiger partial charge >= 0.3 is 0 Å². The van der Waals surface area contributed by atoms with Crippen molar-refractivity contribution in [3.63, 3.8) is 0 Å². The van der Waals surface area contributed by atoms with E-state index in [2.05, 4.69) is 5.32 Å². The van der Waals surface area contributed by atoms with Crippen molar-refractivity contribution in [3.8, 4) is 22.6 Å². The van der Waals surface area contributed by atoms with Crippen LogP contribution in [0.15, 0.2) is 60.7 Å². The van der Waals surface area contributed by atoms with Crippen LogP contribution in [0, 0.1) is 11.6 Å². The van der Waals surface area contributed by atoms with Crippen LogP contribution >= 0.6 is 0 Å². The van der Waals surface area contributed by atoms with Gasteiger partial charge in [-0.1, -0.05) is 24.3 Å². The number of para-hydroxylation sites is 1. The Kier molecular flexibility index (Phi) is 6.41. The maximum atomic E-state index is 14.7. The number of anilines is 1. The number of carbonyl (C=O) groups excluding carboxylic acids is 2. The molecule has 0 radical (unpaired) electrons. The molecule has 0 fully saturated rings. The summed E-state index contributed by atoms with van der Waals surface area (Å²) >= 11 is 0. The minimum absolute atomic E-state index is 0.0237. The zero-order valence-electron chi connectivity index (χ0n) is 16.3. The summed E-state index contributed by atoms with van der Waals surface area (Å²) in [6.07, 6.45) is -0.0441. The summed E-state index contributed by atoms with van der Waals surface area (Å²) in [5.41, 5.74) is 0.223. The smallest absolute Gasteiger partial charge is 0.298 e. The summed E-state index contributed by atoms with van der Waals surface area (Å²) in [4.78, 5) is 23.0. The highest BCUT2D eigenvalue weighted by Gasteiger charge is 2.18. The Bertz CT molecular complexity index is 1060. The van der Waals surface area contributed by atoms with E-state index in [1.807, 2.05) is 13.8 Å². The van der Waals surface area contributed by atoms with Gasteiger partial charge in [-0.3, -0.25) is 9.59 Å². The largest absolute Gasteiger partial charge is 0.491 e. The van der Waals surface area contributed by atoms with Gasteiger partial charge in [-0.15, -0.1) is 0 Å². The predicted octanol–water partition coefficient (Wildman–Crippen LogP) is 5.21. The molecule has 5 nitrogen and oxygen atoms in total. The van der Waals surface area contributed by atoms with Crippen LogP contribution in [0.1, 0.15) is 24.2 Å². The Morgan fingerprint density at radius 1 is 0.967 bits per heavy atom. The summed E-state index contributed by atoms with van der Waals surface area (Å²) in [5, 5.41) is 2.20. The number of benzene rings is 3. The maximum absolute atomic E-state index is 14.7. The number of hydrogen-bond donors (Lipinski definition) is 1. The fourth-order valence-corrected chi connectivity index (χ4v) is 2.87. The van der Waals surface area contributed by atoms with E-state index in [1.54, 1.807) is 30.3 Å². The second-order valence-electron chi connectivity index (χ2n) is 6.67. The second-order valence-corrected chi connectivity index (χ2v) is 6.67. The SMILES string of the molecule is CC(C)Oc1cccc(-c2cc(F)c(NC(=O)c3ccccc3OC=O)c(F)c2)c1. The Hall–Kier alpha value is -3.74. The molecule has 30 heavy (non-hydrogen) atoms. The van der Waals surface area contributed by atoms with Crippen LogP contribution in [-0.2, 0) is 4.79 Å². The molecule has 0 atom stereocenters. The van der Waals surface area contributed by atoms with Gasteiger partial charge in [0.05, 0.1) is 11.7 Å². The molecule has 0 bridgehead atoms. The molecule has 0 heterocycles. The number of halogens is 2. The second kappa shape index (κ2) is 9.17. The van der Waals surface area contributed by atoms with Crippen LogP contribution in [-0.4, -0.2) is 18.5 Å². The number of ether oxygens (including phenoxy) is 2. The number of carbonyl (C=O) groups is 2. The van der Waals surface area contributed by atoms with Gasteiger partial charge in [0, 0.05) is 0 Å². The summed E-state index contributed by atoms with van der Waals surface area (Å²) in [7, 11) is 0. The molecule has 1 amide bonds. The van der Waals surface area contributed by atoms with E-state index in [4.69, 9.17) is 9.47 Å². The van der Waals surface area contributed by atoms with Gasteiger partial charge in [0.1, 0.15) is 28.8 Å². The first-order chi connectivity index (χ1) is 14.4. The highest BCUT2D eigenvalue weighted by atomic mass is 19.1. The van der Waals surface area contributed by atoms with Crippen molar-refractivity contribution in [2.24, 2.45) is 0 Å². The molecule has 3 aromatic carbocycles. The third-order valence-electron chi connectivity index (χ3n) is 4.13. The first-order valence-electron chi connectivity index (χ1n) is 9.16. The molecular formula is C23H19F2NO4. The molecule has 154 valence electrons. The number of rotatable bonds is 7. The molecule has 1 N–H and O–H groups in total. The van der Waals surface area contributed by atoms with E-state index in [1.165, 1.54) is 18.2 Å². The highest BCUT2D eigenvalue weighted by Crippen LogP contribution is 2.30. The maximum Gasteiger partial charge on any atom is 0.298 e. The van der Waals surface area contributed by atoms with Crippen LogP contribution in [0.4, 0.5) is 14.5 Å². The average Bonchev–Trinajstić information content (AvgIpc) is 2.71. The molecule has 7 heteroatoms. The predicted molar refractivity (Wildman–Crippen MR) is 109 cm³/mol. The zero-order valence-corrected chi connectivity index (χ0v) is 16.3. The van der Waals surface area contributed by atoms with E-state index >= 15 is 0 Å².